The number of aryl methyl sites for hydroxylation is 1. The lowest BCUT2D eigenvalue weighted by Crippen LogP contribution is -2.13. The molecule has 0 fully saturated rings. The predicted octanol–water partition coefficient (Wildman–Crippen LogP) is 1.01. The largest absolute Gasteiger partial charge is 0.317 e. The summed E-state index contributed by atoms with van der Waals surface area (Å²) in [6.07, 6.45) is 2.96. The van der Waals surface area contributed by atoms with Gasteiger partial charge in [0.1, 0.15) is 6.33 Å². The molecule has 0 bridgehead atoms. The van der Waals surface area contributed by atoms with E-state index in [2.05, 4.69) is 25.1 Å². The molecular formula is C12H12N6O2S. The Balaban J connectivity index is 1.93. The summed E-state index contributed by atoms with van der Waals surface area (Å²) in [5.74, 6) is 0.651. The van der Waals surface area contributed by atoms with Gasteiger partial charge in [0.05, 0.1) is 6.20 Å². The Hall–Kier alpha value is -2.68. The highest BCUT2D eigenvalue weighted by Gasteiger charge is 2.16. The minimum Gasteiger partial charge on any atom is -0.317 e. The van der Waals surface area contributed by atoms with Crippen LogP contribution in [0.25, 0.3) is 11.4 Å². The molecule has 0 unspecified atom stereocenters. The van der Waals surface area contributed by atoms with Crippen molar-refractivity contribution in [2.24, 2.45) is 7.05 Å². The Labute approximate surface area is 120 Å². The highest BCUT2D eigenvalue weighted by molar-refractivity contribution is 7.92. The van der Waals surface area contributed by atoms with Gasteiger partial charge in [0.25, 0.3) is 10.0 Å². The van der Waals surface area contributed by atoms with E-state index >= 15 is 0 Å². The lowest BCUT2D eigenvalue weighted by atomic mass is 10.2. The Kier molecular flexibility index (Phi) is 3.18. The van der Waals surface area contributed by atoms with Gasteiger partial charge in [-0.25, -0.2) is 0 Å². The van der Waals surface area contributed by atoms with E-state index in [4.69, 9.17) is 0 Å². The number of hydrogen-bond donors (Lipinski definition) is 2. The molecule has 0 saturated carbocycles. The van der Waals surface area contributed by atoms with Crippen molar-refractivity contribution in [1.29, 1.82) is 0 Å². The van der Waals surface area contributed by atoms with Crippen molar-refractivity contribution in [3.8, 4) is 11.4 Å². The van der Waals surface area contributed by atoms with Crippen LogP contribution in [0, 0.1) is 0 Å². The maximum absolute atomic E-state index is 12.1. The van der Waals surface area contributed by atoms with E-state index in [9.17, 15) is 8.42 Å². The molecule has 0 atom stereocenters. The van der Waals surface area contributed by atoms with Crippen LogP contribution in [0.2, 0.25) is 0 Å². The molecule has 2 aromatic heterocycles. The number of nitrogens with one attached hydrogen (secondary N) is 2. The molecule has 0 aliphatic carbocycles. The predicted molar refractivity (Wildman–Crippen MR) is 75.8 cm³/mol. The molecule has 0 amide bonds. The molecule has 1 aromatic carbocycles. The van der Waals surface area contributed by atoms with Gasteiger partial charge in [-0.05, 0) is 18.2 Å². The van der Waals surface area contributed by atoms with E-state index in [0.29, 0.717) is 11.5 Å². The lowest BCUT2D eigenvalue weighted by Gasteiger charge is -2.07. The zero-order valence-corrected chi connectivity index (χ0v) is 11.9. The quantitative estimate of drug-likeness (QED) is 0.748. The van der Waals surface area contributed by atoms with Gasteiger partial charge in [0, 0.05) is 18.3 Å². The van der Waals surface area contributed by atoms with Gasteiger partial charge >= 0.3 is 0 Å². The molecule has 0 saturated heterocycles. The minimum atomic E-state index is -3.68. The third-order valence-electron chi connectivity index (χ3n) is 2.85. The number of aromatic nitrogens is 5. The average molecular weight is 304 g/mol. The zero-order chi connectivity index (χ0) is 14.9. The summed E-state index contributed by atoms with van der Waals surface area (Å²) in [6.45, 7) is 0. The van der Waals surface area contributed by atoms with Gasteiger partial charge in [-0.15, -0.1) is 10.2 Å². The molecular weight excluding hydrogens is 292 g/mol. The van der Waals surface area contributed by atoms with E-state index in [1.807, 2.05) is 13.1 Å². The van der Waals surface area contributed by atoms with Crippen molar-refractivity contribution in [2.75, 3.05) is 4.72 Å². The van der Waals surface area contributed by atoms with Crippen molar-refractivity contribution < 1.29 is 8.42 Å². The van der Waals surface area contributed by atoms with Crippen molar-refractivity contribution in [3.05, 3.63) is 42.9 Å². The summed E-state index contributed by atoms with van der Waals surface area (Å²) < 4.78 is 28.5. The first-order chi connectivity index (χ1) is 10.1. The fourth-order valence-corrected chi connectivity index (χ4v) is 2.83. The van der Waals surface area contributed by atoms with Gasteiger partial charge in [-0.1, -0.05) is 12.1 Å². The molecule has 9 heteroatoms. The molecule has 0 radical (unpaired) electrons. The number of rotatable bonds is 4. The van der Waals surface area contributed by atoms with Crippen LogP contribution in [0.3, 0.4) is 0 Å². The number of H-pyrrole nitrogens is 1. The van der Waals surface area contributed by atoms with Crippen molar-refractivity contribution >= 4 is 15.7 Å². The Morgan fingerprint density at radius 1 is 1.29 bits per heavy atom. The molecule has 0 aliphatic heterocycles. The molecule has 3 aromatic rings. The molecule has 3 rings (SSSR count). The Morgan fingerprint density at radius 2 is 2.14 bits per heavy atom. The third kappa shape index (κ3) is 2.63. The molecule has 21 heavy (non-hydrogen) atoms. The normalized spacial score (nSPS) is 11.5. The van der Waals surface area contributed by atoms with Crippen LogP contribution in [0.5, 0.6) is 0 Å². The summed E-state index contributed by atoms with van der Waals surface area (Å²) in [6, 6.07) is 8.31. The minimum absolute atomic E-state index is 0.00608. The van der Waals surface area contributed by atoms with Gasteiger partial charge in [-0.3, -0.25) is 9.82 Å². The summed E-state index contributed by atoms with van der Waals surface area (Å²) in [7, 11) is -1.86. The van der Waals surface area contributed by atoms with Gasteiger partial charge in [0.15, 0.2) is 10.9 Å². The van der Waals surface area contributed by atoms with Crippen LogP contribution in [0.1, 0.15) is 0 Å². The van der Waals surface area contributed by atoms with E-state index in [1.165, 1.54) is 12.3 Å². The van der Waals surface area contributed by atoms with Crippen LogP contribution >= 0.6 is 0 Å². The van der Waals surface area contributed by atoms with Gasteiger partial charge in [0.2, 0.25) is 0 Å². The van der Waals surface area contributed by atoms with E-state index < -0.39 is 10.0 Å². The van der Waals surface area contributed by atoms with E-state index in [1.54, 1.807) is 29.1 Å². The van der Waals surface area contributed by atoms with Crippen LogP contribution < -0.4 is 4.72 Å². The number of hydrogen-bond acceptors (Lipinski definition) is 5. The number of nitrogens with zero attached hydrogens (tertiary/aromatic N) is 4. The van der Waals surface area contributed by atoms with Gasteiger partial charge < -0.3 is 4.57 Å². The summed E-state index contributed by atoms with van der Waals surface area (Å²) in [5.41, 5.74) is 1.20. The fraction of sp³-hybridized carbons (Fsp3) is 0.0833. The van der Waals surface area contributed by atoms with Gasteiger partial charge in [-0.2, -0.15) is 13.5 Å². The second kappa shape index (κ2) is 5.02. The topological polar surface area (TPSA) is 106 Å². The molecule has 2 heterocycles. The Morgan fingerprint density at radius 3 is 2.81 bits per heavy atom. The lowest BCUT2D eigenvalue weighted by molar-refractivity contribution is 0.597. The highest BCUT2D eigenvalue weighted by atomic mass is 32.2. The number of anilines is 1. The maximum atomic E-state index is 12.1. The first-order valence-electron chi connectivity index (χ1n) is 6.03. The van der Waals surface area contributed by atoms with Crippen molar-refractivity contribution in [1.82, 2.24) is 25.0 Å². The van der Waals surface area contributed by atoms with Crippen molar-refractivity contribution in [2.45, 2.75) is 5.03 Å². The summed E-state index contributed by atoms with van der Waals surface area (Å²) in [4.78, 5) is 0. The first kappa shape index (κ1) is 13.3. The number of benzene rings is 1. The maximum Gasteiger partial charge on any atom is 0.278 e. The van der Waals surface area contributed by atoms with Crippen LogP contribution in [-0.4, -0.2) is 33.4 Å². The van der Waals surface area contributed by atoms with Crippen molar-refractivity contribution in [3.63, 3.8) is 0 Å². The van der Waals surface area contributed by atoms with Crippen LogP contribution in [-0.2, 0) is 17.1 Å². The molecule has 108 valence electrons. The molecule has 8 nitrogen and oxygen atoms in total. The zero-order valence-electron chi connectivity index (χ0n) is 11.1. The standard InChI is InChI=1S/C12H12N6O2S/c1-18-8-14-16-12(18)9-3-2-4-10(7-9)17-21(19,20)11-5-6-13-15-11/h2-8,17H,1H3,(H,13,15). The first-order valence-corrected chi connectivity index (χ1v) is 7.51. The van der Waals surface area contributed by atoms with E-state index in [-0.39, 0.29) is 5.03 Å². The summed E-state index contributed by atoms with van der Waals surface area (Å²) in [5, 5.41) is 13.9. The molecule has 0 aliphatic rings. The fourth-order valence-electron chi connectivity index (χ4n) is 1.87. The van der Waals surface area contributed by atoms with Crippen LogP contribution in [0.4, 0.5) is 5.69 Å². The number of aromatic amines is 1. The SMILES string of the molecule is Cn1cnnc1-c1cccc(NS(=O)(=O)c2ccn[nH]2)c1. The molecule has 2 N–H and O–H groups in total. The monoisotopic (exact) mass is 304 g/mol. The smallest absolute Gasteiger partial charge is 0.278 e. The Bertz CT molecular complexity index is 854. The second-order valence-electron chi connectivity index (χ2n) is 4.37. The average Bonchev–Trinajstić information content (AvgIpc) is 3.09. The second-order valence-corrected chi connectivity index (χ2v) is 6.02. The molecule has 0 spiro atoms. The number of sulfonamides is 1. The third-order valence-corrected chi connectivity index (χ3v) is 4.16. The van der Waals surface area contributed by atoms with E-state index in [0.717, 1.165) is 5.56 Å². The van der Waals surface area contributed by atoms with Crippen LogP contribution in [0.15, 0.2) is 47.9 Å². The summed E-state index contributed by atoms with van der Waals surface area (Å²) >= 11 is 0. The highest BCUT2D eigenvalue weighted by Crippen LogP contribution is 2.21.